The van der Waals surface area contributed by atoms with E-state index < -0.39 is 23.5 Å². The predicted molar refractivity (Wildman–Crippen MR) is 89.8 cm³/mol. The second-order valence-electron chi connectivity index (χ2n) is 5.33. The minimum absolute atomic E-state index is 0.0344. The van der Waals surface area contributed by atoms with Crippen LogP contribution in [0, 0.1) is 0 Å². The number of nitrogens with zero attached hydrogens (tertiary/aromatic N) is 3. The van der Waals surface area contributed by atoms with Crippen LogP contribution >= 0.6 is 23.4 Å². The summed E-state index contributed by atoms with van der Waals surface area (Å²) in [7, 11) is 0. The Morgan fingerprint density at radius 2 is 2.00 bits per heavy atom. The summed E-state index contributed by atoms with van der Waals surface area (Å²) in [6, 6.07) is 9.92. The van der Waals surface area contributed by atoms with Crippen molar-refractivity contribution in [3.63, 3.8) is 0 Å². The Labute approximate surface area is 155 Å². The maximum Gasteiger partial charge on any atom is 0.458 e. The van der Waals surface area contributed by atoms with E-state index in [4.69, 9.17) is 11.6 Å². The highest BCUT2D eigenvalue weighted by Gasteiger charge is 2.46. The van der Waals surface area contributed by atoms with Gasteiger partial charge in [-0.2, -0.15) is 17.6 Å². The molecule has 5 nitrogen and oxygen atoms in total. The third-order valence-corrected chi connectivity index (χ3v) is 4.51. The Morgan fingerprint density at radius 1 is 1.35 bits per heavy atom. The number of fused-ring (bicyclic) bond motifs is 1. The lowest BCUT2D eigenvalue weighted by Gasteiger charge is -2.07. The number of thioether (sulfide) groups is 1. The summed E-state index contributed by atoms with van der Waals surface area (Å²) >= 11 is 7.04. The number of hydrogen-bond donors (Lipinski definition) is 1. The van der Waals surface area contributed by atoms with Crippen molar-refractivity contribution in [1.29, 1.82) is 0 Å². The fourth-order valence-electron chi connectivity index (χ4n) is 2.60. The minimum atomic E-state index is -5.14. The number of carbonyl (C=O) groups is 1. The molecule has 0 bridgehead atoms. The summed E-state index contributed by atoms with van der Waals surface area (Å²) in [6.07, 6.45) is -3.51. The molecule has 3 rings (SSSR count). The standard InChI is InChI=1S/C16H11ClF3N3O2S/c1-26-15-21-10(17)7-11-22(8-9-5-3-2-4-6-9)12(14(25)23(11)15)13(24)16(18,19)20/h2-7H,8H2,1H3/p+1. The van der Waals surface area contributed by atoms with Gasteiger partial charge in [0.1, 0.15) is 0 Å². The van der Waals surface area contributed by atoms with Crippen LogP contribution < -0.4 is 4.40 Å². The SMILES string of the molecule is CSc1nc(Cl)cc2n(Cc3ccccc3)c(C(=O)C(F)(F)F)c(O)[n+]12. The van der Waals surface area contributed by atoms with Crippen molar-refractivity contribution >= 4 is 34.8 Å². The first kappa shape index (κ1) is 18.5. The number of Topliss-reactive ketones (excluding diaryl/α,β-unsaturated/α-hetero) is 1. The molecule has 26 heavy (non-hydrogen) atoms. The average Bonchev–Trinajstić information content (AvgIpc) is 2.85. The van der Waals surface area contributed by atoms with Crippen molar-refractivity contribution in [1.82, 2.24) is 9.55 Å². The lowest BCUT2D eigenvalue weighted by molar-refractivity contribution is -0.568. The maximum atomic E-state index is 13.1. The fraction of sp³-hybridized carbons (Fsp3) is 0.188. The number of alkyl halides is 3. The summed E-state index contributed by atoms with van der Waals surface area (Å²) < 4.78 is 41.5. The second kappa shape index (κ2) is 6.81. The number of hydrogen-bond acceptors (Lipinski definition) is 4. The molecule has 0 aliphatic carbocycles. The van der Waals surface area contributed by atoms with E-state index in [1.807, 2.05) is 0 Å². The molecule has 0 amide bonds. The third kappa shape index (κ3) is 3.24. The number of imidazole rings is 1. The number of ketones is 1. The molecule has 0 saturated carbocycles. The minimum Gasteiger partial charge on any atom is -0.480 e. The van der Waals surface area contributed by atoms with Gasteiger partial charge in [0.2, 0.25) is 16.5 Å². The Bertz CT molecular complexity index is 990. The number of aromatic nitrogens is 3. The number of carbonyl (C=O) groups excluding carboxylic acids is 1. The van der Waals surface area contributed by atoms with Gasteiger partial charge in [-0.05, 0) is 23.4 Å². The lowest BCUT2D eigenvalue weighted by Crippen LogP contribution is -2.26. The number of rotatable bonds is 4. The lowest BCUT2D eigenvalue weighted by atomic mass is 10.2. The summed E-state index contributed by atoms with van der Waals surface area (Å²) in [5.74, 6) is -2.97. The zero-order chi connectivity index (χ0) is 19.1. The molecule has 2 aromatic heterocycles. The van der Waals surface area contributed by atoms with Gasteiger partial charge in [0, 0.05) is 0 Å². The van der Waals surface area contributed by atoms with E-state index >= 15 is 0 Å². The maximum absolute atomic E-state index is 13.1. The highest BCUT2D eigenvalue weighted by atomic mass is 35.5. The Hall–Kier alpha value is -2.26. The quantitative estimate of drug-likeness (QED) is 0.238. The number of benzene rings is 1. The first-order valence-electron chi connectivity index (χ1n) is 7.27. The highest BCUT2D eigenvalue weighted by Crippen LogP contribution is 2.30. The average molecular weight is 403 g/mol. The van der Waals surface area contributed by atoms with Crippen molar-refractivity contribution in [2.24, 2.45) is 0 Å². The molecule has 0 aliphatic rings. The zero-order valence-electron chi connectivity index (χ0n) is 13.3. The Morgan fingerprint density at radius 3 is 2.58 bits per heavy atom. The van der Waals surface area contributed by atoms with E-state index in [1.165, 1.54) is 6.07 Å². The van der Waals surface area contributed by atoms with Gasteiger partial charge < -0.3 is 5.11 Å². The van der Waals surface area contributed by atoms with Gasteiger partial charge in [-0.25, -0.2) is 4.57 Å². The van der Waals surface area contributed by atoms with Gasteiger partial charge in [-0.3, -0.25) is 4.79 Å². The normalized spacial score (nSPS) is 11.9. The third-order valence-electron chi connectivity index (χ3n) is 3.68. The summed E-state index contributed by atoms with van der Waals surface area (Å²) in [4.78, 5) is 16.0. The van der Waals surface area contributed by atoms with Crippen molar-refractivity contribution in [2.45, 2.75) is 17.9 Å². The van der Waals surface area contributed by atoms with Gasteiger partial charge in [0.25, 0.3) is 0 Å². The van der Waals surface area contributed by atoms with Gasteiger partial charge >= 0.3 is 23.0 Å². The Balaban J connectivity index is 2.34. The molecule has 0 spiro atoms. The molecule has 0 radical (unpaired) electrons. The van der Waals surface area contributed by atoms with Crippen LogP contribution in [-0.4, -0.2) is 32.9 Å². The van der Waals surface area contributed by atoms with Gasteiger partial charge in [-0.15, -0.1) is 0 Å². The largest absolute Gasteiger partial charge is 0.480 e. The van der Waals surface area contributed by atoms with Crippen LogP contribution in [0.1, 0.15) is 16.1 Å². The van der Waals surface area contributed by atoms with Gasteiger partial charge in [0.05, 0.1) is 12.6 Å². The van der Waals surface area contributed by atoms with Crippen LogP contribution in [0.15, 0.2) is 41.6 Å². The molecule has 0 atom stereocenters. The van der Waals surface area contributed by atoms with Crippen molar-refractivity contribution in [2.75, 3.05) is 6.26 Å². The fourth-order valence-corrected chi connectivity index (χ4v) is 3.38. The van der Waals surface area contributed by atoms with Crippen molar-refractivity contribution in [3.05, 3.63) is 52.8 Å². The van der Waals surface area contributed by atoms with Crippen LogP contribution in [0.5, 0.6) is 5.88 Å². The molecular formula is C16H12ClF3N3O2S+. The monoisotopic (exact) mass is 402 g/mol. The van der Waals surface area contributed by atoms with E-state index in [2.05, 4.69) is 4.98 Å². The first-order chi connectivity index (χ1) is 12.2. The number of halogens is 4. The molecular weight excluding hydrogens is 391 g/mol. The van der Waals surface area contributed by atoms with Crippen LogP contribution in [0.3, 0.4) is 0 Å². The van der Waals surface area contributed by atoms with Crippen LogP contribution in [-0.2, 0) is 6.54 Å². The van der Waals surface area contributed by atoms with Crippen LogP contribution in [0.25, 0.3) is 5.65 Å². The van der Waals surface area contributed by atoms with Crippen molar-refractivity contribution < 1.29 is 27.5 Å². The molecule has 0 saturated heterocycles. The molecule has 0 fully saturated rings. The summed E-state index contributed by atoms with van der Waals surface area (Å²) in [5.41, 5.74) is -0.0797. The summed E-state index contributed by atoms with van der Waals surface area (Å²) in [5, 5.41) is 10.6. The van der Waals surface area contributed by atoms with Crippen LogP contribution in [0.4, 0.5) is 13.2 Å². The topological polar surface area (TPSA) is 59.2 Å². The van der Waals surface area contributed by atoms with E-state index in [-0.39, 0.29) is 22.5 Å². The van der Waals surface area contributed by atoms with Crippen molar-refractivity contribution in [3.8, 4) is 5.88 Å². The van der Waals surface area contributed by atoms with Gasteiger partial charge in [0.15, 0.2) is 0 Å². The zero-order valence-corrected chi connectivity index (χ0v) is 14.9. The molecule has 3 aromatic rings. The van der Waals surface area contributed by atoms with E-state index in [9.17, 15) is 23.1 Å². The molecule has 0 unspecified atom stereocenters. The van der Waals surface area contributed by atoms with Gasteiger partial charge in [-0.1, -0.05) is 47.1 Å². The first-order valence-corrected chi connectivity index (χ1v) is 8.87. The predicted octanol–water partition coefficient (Wildman–Crippen LogP) is 3.50. The molecule has 1 aromatic carbocycles. The second-order valence-corrected chi connectivity index (χ2v) is 6.49. The molecule has 0 aliphatic heterocycles. The molecule has 2 heterocycles. The smallest absolute Gasteiger partial charge is 0.458 e. The number of aromatic hydroxyl groups is 1. The Kier molecular flexibility index (Phi) is 4.85. The molecule has 10 heteroatoms. The van der Waals surface area contributed by atoms with E-state index in [0.29, 0.717) is 5.56 Å². The van der Waals surface area contributed by atoms with E-state index in [1.54, 1.807) is 36.6 Å². The summed E-state index contributed by atoms with van der Waals surface area (Å²) in [6.45, 7) is -0.0593. The van der Waals surface area contributed by atoms with Crippen LogP contribution in [0.2, 0.25) is 5.15 Å². The molecule has 1 N–H and O–H groups in total. The molecule has 136 valence electrons. The highest BCUT2D eigenvalue weighted by molar-refractivity contribution is 7.98. The van der Waals surface area contributed by atoms with E-state index in [0.717, 1.165) is 20.7 Å².